The first-order chi connectivity index (χ1) is 12.6. The summed E-state index contributed by atoms with van der Waals surface area (Å²) < 4.78 is 15.8. The Hall–Kier alpha value is -2.80. The molecule has 0 atom stereocenters. The fourth-order valence-electron chi connectivity index (χ4n) is 3.04. The van der Waals surface area contributed by atoms with Crippen molar-refractivity contribution in [2.75, 3.05) is 5.32 Å². The first kappa shape index (κ1) is 15.5. The molecule has 1 aliphatic carbocycles. The molecule has 0 bridgehead atoms. The zero-order valence-electron chi connectivity index (χ0n) is 14.0. The lowest BCUT2D eigenvalue weighted by Gasteiger charge is -2.07. The third kappa shape index (κ3) is 2.39. The van der Waals surface area contributed by atoms with Crippen LogP contribution in [0.15, 0.2) is 41.6 Å². The molecule has 0 amide bonds. The Labute approximate surface area is 152 Å². The van der Waals surface area contributed by atoms with Gasteiger partial charge in [-0.15, -0.1) is 11.3 Å². The number of rotatable bonds is 3. The summed E-state index contributed by atoms with van der Waals surface area (Å²) in [5, 5.41) is 4.37. The van der Waals surface area contributed by atoms with Gasteiger partial charge in [-0.25, -0.2) is 14.4 Å². The highest BCUT2D eigenvalue weighted by atomic mass is 32.1. The van der Waals surface area contributed by atoms with E-state index in [1.54, 1.807) is 25.3 Å². The quantitative estimate of drug-likeness (QED) is 0.595. The number of pyridine rings is 1. The van der Waals surface area contributed by atoms with E-state index in [4.69, 9.17) is 0 Å². The second-order valence-corrected chi connectivity index (χ2v) is 7.59. The summed E-state index contributed by atoms with van der Waals surface area (Å²) in [5.41, 5.74) is 2.41. The molecule has 1 fully saturated rings. The Bertz CT molecular complexity index is 1230. The fraction of sp³-hybridized carbons (Fsp3) is 0.211. The summed E-state index contributed by atoms with van der Waals surface area (Å²) >= 11 is 1.33. The summed E-state index contributed by atoms with van der Waals surface area (Å²) in [6.45, 7) is 1.69. The molecule has 1 N–H and O–H groups in total. The molecule has 1 aromatic carbocycles. The number of aromatic nitrogens is 3. The van der Waals surface area contributed by atoms with E-state index in [1.165, 1.54) is 28.3 Å². The predicted molar refractivity (Wildman–Crippen MR) is 102 cm³/mol. The maximum absolute atomic E-state index is 13.9. The van der Waals surface area contributed by atoms with Gasteiger partial charge in [0.05, 0.1) is 16.6 Å². The van der Waals surface area contributed by atoms with Crippen molar-refractivity contribution in [2.24, 2.45) is 0 Å². The smallest absolute Gasteiger partial charge is 0.275 e. The summed E-state index contributed by atoms with van der Waals surface area (Å²) in [6.07, 6.45) is 5.53. The number of anilines is 1. The largest absolute Gasteiger partial charge is 0.382 e. The number of hydrogen-bond donors (Lipinski definition) is 1. The van der Waals surface area contributed by atoms with Crippen LogP contribution in [0.4, 0.5) is 10.1 Å². The van der Waals surface area contributed by atoms with Gasteiger partial charge in [-0.2, -0.15) is 0 Å². The number of fused-ring (bicyclic) bond motifs is 3. The number of halogens is 1. The van der Waals surface area contributed by atoms with Gasteiger partial charge in [-0.3, -0.25) is 9.36 Å². The lowest BCUT2D eigenvalue weighted by molar-refractivity contribution is 0.617. The molecule has 5 nitrogen and oxygen atoms in total. The maximum Gasteiger partial charge on any atom is 0.275 e. The number of thiophene rings is 1. The Kier molecular flexibility index (Phi) is 3.33. The maximum atomic E-state index is 13.9. The van der Waals surface area contributed by atoms with Crippen molar-refractivity contribution in [1.29, 1.82) is 0 Å². The summed E-state index contributed by atoms with van der Waals surface area (Å²) in [5.74, 6) is -0.344. The van der Waals surface area contributed by atoms with E-state index in [-0.39, 0.29) is 11.4 Å². The summed E-state index contributed by atoms with van der Waals surface area (Å²) in [4.78, 5) is 22.7. The molecule has 1 aliphatic rings. The van der Waals surface area contributed by atoms with E-state index in [0.717, 1.165) is 28.7 Å². The van der Waals surface area contributed by atoms with Gasteiger partial charge in [0.2, 0.25) is 0 Å². The topological polar surface area (TPSA) is 59.8 Å². The highest BCUT2D eigenvalue weighted by Crippen LogP contribution is 2.36. The number of aryl methyl sites for hydroxylation is 1. The Morgan fingerprint density at radius 2 is 2.12 bits per heavy atom. The summed E-state index contributed by atoms with van der Waals surface area (Å²) in [7, 11) is 0. The molecule has 3 aromatic heterocycles. The number of benzene rings is 1. The Morgan fingerprint density at radius 1 is 1.27 bits per heavy atom. The highest BCUT2D eigenvalue weighted by Gasteiger charge is 2.23. The molecule has 7 heteroatoms. The van der Waals surface area contributed by atoms with Crippen LogP contribution in [-0.2, 0) is 0 Å². The monoisotopic (exact) mass is 366 g/mol. The van der Waals surface area contributed by atoms with E-state index < -0.39 is 0 Å². The van der Waals surface area contributed by atoms with Crippen LogP contribution in [0.3, 0.4) is 0 Å². The average molecular weight is 366 g/mol. The molecule has 0 unspecified atom stereocenters. The molecule has 1 saturated carbocycles. The molecule has 0 spiro atoms. The molecular formula is C19H15FN4OS. The summed E-state index contributed by atoms with van der Waals surface area (Å²) in [6, 6.07) is 7.15. The number of hydrogen-bond acceptors (Lipinski definition) is 5. The first-order valence-corrected chi connectivity index (χ1v) is 9.25. The van der Waals surface area contributed by atoms with Gasteiger partial charge in [-0.05, 0) is 43.5 Å². The van der Waals surface area contributed by atoms with Gasteiger partial charge >= 0.3 is 0 Å². The van der Waals surface area contributed by atoms with E-state index in [0.29, 0.717) is 27.5 Å². The zero-order chi connectivity index (χ0) is 17.8. The van der Waals surface area contributed by atoms with E-state index >= 15 is 0 Å². The van der Waals surface area contributed by atoms with Crippen molar-refractivity contribution >= 4 is 37.5 Å². The second-order valence-electron chi connectivity index (χ2n) is 6.59. The lowest BCUT2D eigenvalue weighted by atomic mass is 10.2. The molecule has 0 saturated heterocycles. The van der Waals surface area contributed by atoms with Crippen molar-refractivity contribution in [3.8, 4) is 5.69 Å². The van der Waals surface area contributed by atoms with Gasteiger partial charge in [0.25, 0.3) is 5.56 Å². The molecule has 3 heterocycles. The van der Waals surface area contributed by atoms with Gasteiger partial charge < -0.3 is 5.32 Å². The van der Waals surface area contributed by atoms with E-state index in [9.17, 15) is 9.18 Å². The van der Waals surface area contributed by atoms with Crippen molar-refractivity contribution in [2.45, 2.75) is 25.8 Å². The zero-order valence-corrected chi connectivity index (χ0v) is 14.8. The van der Waals surface area contributed by atoms with Crippen LogP contribution < -0.4 is 10.9 Å². The third-order valence-electron chi connectivity index (χ3n) is 4.65. The lowest BCUT2D eigenvalue weighted by Crippen LogP contribution is -2.18. The molecule has 4 aromatic rings. The van der Waals surface area contributed by atoms with Crippen LogP contribution in [-0.4, -0.2) is 20.6 Å². The third-order valence-corrected chi connectivity index (χ3v) is 5.73. The van der Waals surface area contributed by atoms with Crippen LogP contribution in [0.1, 0.15) is 18.4 Å². The van der Waals surface area contributed by atoms with Gasteiger partial charge in [0, 0.05) is 17.9 Å². The minimum absolute atomic E-state index is 0.210. The predicted octanol–water partition coefficient (Wildman–Crippen LogP) is 4.02. The SMILES string of the molecule is Cc1ccc(-n2cnc3c(sc4nccc(NC5CC5)c43)c2=O)cc1F. The average Bonchev–Trinajstić information content (AvgIpc) is 3.36. The van der Waals surface area contributed by atoms with Crippen molar-refractivity contribution < 1.29 is 4.39 Å². The van der Waals surface area contributed by atoms with Gasteiger partial charge in [0.1, 0.15) is 21.7 Å². The fourth-order valence-corrected chi connectivity index (χ4v) is 4.09. The van der Waals surface area contributed by atoms with Gasteiger partial charge in [0.15, 0.2) is 0 Å². The van der Waals surface area contributed by atoms with E-state index in [1.807, 2.05) is 6.07 Å². The Morgan fingerprint density at radius 3 is 2.88 bits per heavy atom. The standard InChI is InChI=1S/C19H15FN4OS/c1-10-2-5-12(8-13(10)20)24-9-22-16-15-14(23-11-3-4-11)6-7-21-18(15)26-17(16)19(24)25/h2,5-9,11H,3-4H2,1H3,(H,21,23). The van der Waals surface area contributed by atoms with Crippen LogP contribution >= 0.6 is 11.3 Å². The molecule has 0 aliphatic heterocycles. The molecule has 5 rings (SSSR count). The second kappa shape index (κ2) is 5.60. The van der Waals surface area contributed by atoms with Crippen molar-refractivity contribution in [3.63, 3.8) is 0 Å². The van der Waals surface area contributed by atoms with Crippen LogP contribution in [0, 0.1) is 12.7 Å². The van der Waals surface area contributed by atoms with Crippen LogP contribution in [0.2, 0.25) is 0 Å². The number of nitrogens with zero attached hydrogens (tertiary/aromatic N) is 3. The highest BCUT2D eigenvalue weighted by molar-refractivity contribution is 7.25. The number of nitrogens with one attached hydrogen (secondary N) is 1. The molecule has 0 radical (unpaired) electrons. The van der Waals surface area contributed by atoms with E-state index in [2.05, 4.69) is 15.3 Å². The van der Waals surface area contributed by atoms with Crippen LogP contribution in [0.5, 0.6) is 0 Å². The van der Waals surface area contributed by atoms with Gasteiger partial charge in [-0.1, -0.05) is 6.07 Å². The normalized spacial score (nSPS) is 14.2. The molecule has 26 heavy (non-hydrogen) atoms. The minimum atomic E-state index is -0.344. The van der Waals surface area contributed by atoms with Crippen molar-refractivity contribution in [3.05, 3.63) is 58.5 Å². The Balaban J connectivity index is 1.74. The van der Waals surface area contributed by atoms with Crippen molar-refractivity contribution in [1.82, 2.24) is 14.5 Å². The first-order valence-electron chi connectivity index (χ1n) is 8.44. The molecule has 130 valence electrons. The minimum Gasteiger partial charge on any atom is -0.382 e. The van der Waals surface area contributed by atoms with Crippen LogP contribution in [0.25, 0.3) is 26.1 Å². The molecular weight excluding hydrogens is 351 g/mol.